The minimum Gasteiger partial charge on any atom is -0.481 e. The van der Waals surface area contributed by atoms with Crippen LogP contribution in [0.15, 0.2) is 65.7 Å². The van der Waals surface area contributed by atoms with Crippen molar-refractivity contribution in [1.82, 2.24) is 34.7 Å². The number of hydrogen-bond acceptors (Lipinski definition) is 6. The van der Waals surface area contributed by atoms with Gasteiger partial charge in [-0.3, -0.25) is 9.59 Å². The zero-order chi connectivity index (χ0) is 28.2. The molecule has 10 nitrogen and oxygen atoms in total. The van der Waals surface area contributed by atoms with Crippen molar-refractivity contribution >= 4 is 29.2 Å². The van der Waals surface area contributed by atoms with Crippen molar-refractivity contribution in [1.29, 1.82) is 0 Å². The van der Waals surface area contributed by atoms with Gasteiger partial charge in [0.1, 0.15) is 12.2 Å². The average molecular weight is 576 g/mol. The van der Waals surface area contributed by atoms with Crippen molar-refractivity contribution in [2.45, 2.75) is 38.1 Å². The van der Waals surface area contributed by atoms with Gasteiger partial charge in [-0.05, 0) is 78.6 Å². The van der Waals surface area contributed by atoms with Gasteiger partial charge in [-0.15, -0.1) is 5.10 Å². The summed E-state index contributed by atoms with van der Waals surface area (Å²) in [7, 11) is 0. The molecule has 0 bridgehead atoms. The first-order valence-electron chi connectivity index (χ1n) is 12.5. The van der Waals surface area contributed by atoms with E-state index in [9.17, 15) is 14.7 Å². The first-order valence-corrected chi connectivity index (χ1v) is 13.3. The summed E-state index contributed by atoms with van der Waals surface area (Å²) in [4.78, 5) is 33.2. The highest BCUT2D eigenvalue weighted by molar-refractivity contribution is 6.32. The van der Waals surface area contributed by atoms with Crippen LogP contribution in [0.25, 0.3) is 28.1 Å². The van der Waals surface area contributed by atoms with Crippen molar-refractivity contribution in [2.24, 2.45) is 0 Å². The third-order valence-electron chi connectivity index (χ3n) is 7.40. The topological polar surface area (TPSA) is 132 Å². The number of H-pyrrole nitrogens is 1. The fourth-order valence-electron chi connectivity index (χ4n) is 5.13. The normalized spacial score (nSPS) is 14.8. The number of nitrogens with zero attached hydrogens (tertiary/aromatic N) is 6. The summed E-state index contributed by atoms with van der Waals surface area (Å²) in [6.07, 6.45) is 2.80. The molecule has 0 spiro atoms. The molecule has 0 amide bonds. The van der Waals surface area contributed by atoms with Crippen LogP contribution in [0.2, 0.25) is 10.2 Å². The van der Waals surface area contributed by atoms with Crippen molar-refractivity contribution < 1.29 is 9.90 Å². The number of imidazole rings is 1. The van der Waals surface area contributed by atoms with Crippen LogP contribution in [0.1, 0.15) is 43.4 Å². The molecule has 40 heavy (non-hydrogen) atoms. The second-order valence-corrected chi connectivity index (χ2v) is 11.0. The van der Waals surface area contributed by atoms with Crippen molar-refractivity contribution in [2.75, 3.05) is 0 Å². The number of tetrazole rings is 1. The molecule has 0 radical (unpaired) electrons. The number of benzene rings is 2. The van der Waals surface area contributed by atoms with Gasteiger partial charge in [-0.1, -0.05) is 41.4 Å². The van der Waals surface area contributed by atoms with Crippen molar-refractivity contribution in [3.05, 3.63) is 98.5 Å². The van der Waals surface area contributed by atoms with E-state index in [2.05, 4.69) is 25.5 Å². The molecule has 2 N–H and O–H groups in total. The van der Waals surface area contributed by atoms with Gasteiger partial charge in [0.05, 0.1) is 22.8 Å². The Balaban J connectivity index is 1.38. The van der Waals surface area contributed by atoms with Gasteiger partial charge in [-0.25, -0.2) is 4.98 Å². The van der Waals surface area contributed by atoms with Gasteiger partial charge >= 0.3 is 5.97 Å². The first kappa shape index (κ1) is 26.0. The fourth-order valence-corrected chi connectivity index (χ4v) is 5.55. The Morgan fingerprint density at radius 2 is 1.93 bits per heavy atom. The third kappa shape index (κ3) is 4.39. The molecule has 0 fully saturated rings. The summed E-state index contributed by atoms with van der Waals surface area (Å²) in [5.74, 6) is -0.362. The quantitative estimate of drug-likeness (QED) is 0.288. The molecular formula is C28H23Cl2N7O3. The molecular weight excluding hydrogens is 553 g/mol. The molecule has 6 rings (SSSR count). The zero-order valence-corrected chi connectivity index (χ0v) is 23.0. The zero-order valence-electron chi connectivity index (χ0n) is 21.5. The Morgan fingerprint density at radius 1 is 1.10 bits per heavy atom. The maximum Gasteiger partial charge on any atom is 0.313 e. The van der Waals surface area contributed by atoms with Gasteiger partial charge in [-0.2, -0.15) is 4.68 Å². The Bertz CT molecular complexity index is 1830. The monoisotopic (exact) mass is 575 g/mol. The fraction of sp³-hybridized carbons (Fsp3) is 0.214. The standard InChI is InChI=1S/C28H23Cl2N7O3/c1-28(2,27(39)40)17-5-3-4-15(10-17)24-25(30)33-26(32-24)22-9-7-19-11-16(12-23(38)37(19)22)20-13-18(29)6-8-21(20)36-14-31-34-35-36/h3-6,8,10-14,22H,7,9H2,1-2H3,(H,32,33)(H,39,40)/t22-/m0/s1. The summed E-state index contributed by atoms with van der Waals surface area (Å²) < 4.78 is 3.26. The van der Waals surface area contributed by atoms with Crippen molar-refractivity contribution in [3.8, 4) is 28.1 Å². The van der Waals surface area contributed by atoms with Crippen LogP contribution < -0.4 is 5.56 Å². The molecule has 5 aromatic rings. The second-order valence-electron chi connectivity index (χ2n) is 10.2. The van der Waals surface area contributed by atoms with Gasteiger partial charge < -0.3 is 14.7 Å². The highest BCUT2D eigenvalue weighted by Crippen LogP contribution is 2.37. The highest BCUT2D eigenvalue weighted by Gasteiger charge is 2.31. The molecule has 0 aliphatic carbocycles. The molecule has 0 saturated carbocycles. The molecule has 0 unspecified atom stereocenters. The molecule has 1 atom stereocenters. The number of aryl methyl sites for hydroxylation is 1. The lowest BCUT2D eigenvalue weighted by Gasteiger charge is -2.20. The largest absolute Gasteiger partial charge is 0.481 e. The summed E-state index contributed by atoms with van der Waals surface area (Å²) >= 11 is 12.9. The first-order chi connectivity index (χ1) is 19.1. The molecule has 0 saturated heterocycles. The average Bonchev–Trinajstić information content (AvgIpc) is 3.69. The van der Waals surface area contributed by atoms with E-state index in [1.165, 1.54) is 11.0 Å². The Morgan fingerprint density at radius 3 is 2.67 bits per heavy atom. The number of fused-ring (bicyclic) bond motifs is 1. The Labute approximate surface area is 238 Å². The van der Waals surface area contributed by atoms with E-state index in [0.29, 0.717) is 51.8 Å². The van der Waals surface area contributed by atoms with E-state index in [1.807, 2.05) is 12.1 Å². The maximum absolute atomic E-state index is 13.5. The lowest BCUT2D eigenvalue weighted by molar-refractivity contribution is -0.142. The molecule has 2 aromatic carbocycles. The molecule has 3 aromatic heterocycles. The Hall–Kier alpha value is -4.28. The molecule has 1 aliphatic rings. The molecule has 202 valence electrons. The van der Waals surface area contributed by atoms with Crippen LogP contribution in [0.5, 0.6) is 0 Å². The summed E-state index contributed by atoms with van der Waals surface area (Å²) in [5.41, 5.74) is 3.67. The van der Waals surface area contributed by atoms with Gasteiger partial charge in [0, 0.05) is 27.9 Å². The number of carboxylic acids is 1. The van der Waals surface area contributed by atoms with Crippen LogP contribution >= 0.6 is 23.2 Å². The lowest BCUT2D eigenvalue weighted by atomic mass is 9.84. The number of aromatic amines is 1. The number of aromatic nitrogens is 7. The predicted octanol–water partition coefficient (Wildman–Crippen LogP) is 5.09. The van der Waals surface area contributed by atoms with Gasteiger partial charge in [0.25, 0.3) is 5.56 Å². The third-order valence-corrected chi connectivity index (χ3v) is 7.91. The van der Waals surface area contributed by atoms with E-state index in [0.717, 1.165) is 11.3 Å². The minimum absolute atomic E-state index is 0.183. The van der Waals surface area contributed by atoms with Crippen LogP contribution in [-0.4, -0.2) is 45.8 Å². The molecule has 1 aliphatic heterocycles. The van der Waals surface area contributed by atoms with E-state index >= 15 is 0 Å². The smallest absolute Gasteiger partial charge is 0.313 e. The van der Waals surface area contributed by atoms with Crippen molar-refractivity contribution in [3.63, 3.8) is 0 Å². The predicted molar refractivity (Wildman–Crippen MR) is 150 cm³/mol. The van der Waals surface area contributed by atoms with E-state index in [4.69, 9.17) is 23.2 Å². The molecule has 12 heteroatoms. The van der Waals surface area contributed by atoms with Crippen LogP contribution in [0.4, 0.5) is 0 Å². The van der Waals surface area contributed by atoms with E-state index in [1.54, 1.807) is 60.9 Å². The van der Waals surface area contributed by atoms with Gasteiger partial charge in [0.2, 0.25) is 0 Å². The minimum atomic E-state index is -1.08. The number of halogens is 2. The Kier molecular flexibility index (Phi) is 6.31. The number of hydrogen-bond donors (Lipinski definition) is 2. The summed E-state index contributed by atoms with van der Waals surface area (Å²) in [6.45, 7) is 3.31. The van der Waals surface area contributed by atoms with E-state index < -0.39 is 11.4 Å². The SMILES string of the molecule is CC(C)(C(=O)O)c1cccc(-c2[nH]c([C@@H]3CCc4cc(-c5cc(Cl)ccc5-n5cnnn5)cc(=O)n43)nc2Cl)c1. The maximum atomic E-state index is 13.5. The van der Waals surface area contributed by atoms with Crippen LogP contribution in [0.3, 0.4) is 0 Å². The highest BCUT2D eigenvalue weighted by atomic mass is 35.5. The number of pyridine rings is 1. The van der Waals surface area contributed by atoms with Gasteiger partial charge in [0.15, 0.2) is 5.15 Å². The lowest BCUT2D eigenvalue weighted by Crippen LogP contribution is -2.28. The number of carbonyl (C=O) groups is 1. The van der Waals surface area contributed by atoms with Crippen LogP contribution in [-0.2, 0) is 16.6 Å². The number of aliphatic carboxylic acids is 1. The summed E-state index contributed by atoms with van der Waals surface area (Å²) in [5, 5.41) is 21.9. The van der Waals surface area contributed by atoms with Crippen LogP contribution in [0, 0.1) is 0 Å². The summed E-state index contributed by atoms with van der Waals surface area (Å²) in [6, 6.07) is 15.8. The number of nitrogens with one attached hydrogen (secondary N) is 1. The number of rotatable bonds is 6. The van der Waals surface area contributed by atoms with E-state index in [-0.39, 0.29) is 16.8 Å². The number of carboxylic acid groups (broad SMARTS) is 1. The second kappa shape index (κ2) is 9.72. The molecule has 4 heterocycles.